The average molecular weight is 267 g/mol. The van der Waals surface area contributed by atoms with E-state index in [2.05, 4.69) is 12.2 Å². The van der Waals surface area contributed by atoms with E-state index in [9.17, 15) is 4.39 Å². The summed E-state index contributed by atoms with van der Waals surface area (Å²) >= 11 is 0. The molecule has 0 saturated carbocycles. The summed E-state index contributed by atoms with van der Waals surface area (Å²) in [6, 6.07) is 6.76. The quantitative estimate of drug-likeness (QED) is 0.823. The molecule has 2 unspecified atom stereocenters. The zero-order chi connectivity index (χ0) is 13.5. The van der Waals surface area contributed by atoms with E-state index in [4.69, 9.17) is 9.47 Å². The summed E-state index contributed by atoms with van der Waals surface area (Å²) in [5.41, 5.74) is 0. The second-order valence-corrected chi connectivity index (χ2v) is 4.93. The summed E-state index contributed by atoms with van der Waals surface area (Å²) in [4.78, 5) is 0. The maximum atomic E-state index is 13.5. The molecular formula is C15H22FNO2. The van der Waals surface area contributed by atoms with Crippen LogP contribution in [0.1, 0.15) is 19.8 Å². The molecule has 0 aromatic heterocycles. The molecule has 2 rings (SSSR count). The van der Waals surface area contributed by atoms with Crippen molar-refractivity contribution in [3.8, 4) is 5.75 Å². The maximum Gasteiger partial charge on any atom is 0.165 e. The third-order valence-electron chi connectivity index (χ3n) is 3.45. The lowest BCUT2D eigenvalue weighted by Gasteiger charge is -2.24. The maximum absolute atomic E-state index is 13.5. The van der Waals surface area contributed by atoms with E-state index in [1.807, 2.05) is 0 Å². The zero-order valence-electron chi connectivity index (χ0n) is 11.4. The smallest absolute Gasteiger partial charge is 0.165 e. The second-order valence-electron chi connectivity index (χ2n) is 4.93. The van der Waals surface area contributed by atoms with E-state index < -0.39 is 0 Å². The number of nitrogens with one attached hydrogen (secondary N) is 1. The first-order chi connectivity index (χ1) is 9.31. The number of halogens is 1. The summed E-state index contributed by atoms with van der Waals surface area (Å²) in [5, 5.41) is 3.47. The summed E-state index contributed by atoms with van der Waals surface area (Å²) < 4.78 is 24.5. The largest absolute Gasteiger partial charge is 0.489 e. The fourth-order valence-electron chi connectivity index (χ4n) is 2.30. The number of para-hydroxylation sites is 1. The molecule has 4 heteroatoms. The van der Waals surface area contributed by atoms with Crippen LogP contribution in [0, 0.1) is 11.7 Å². The van der Waals surface area contributed by atoms with Gasteiger partial charge >= 0.3 is 0 Å². The molecule has 0 aliphatic carbocycles. The lowest BCUT2D eigenvalue weighted by molar-refractivity contribution is 0.159. The van der Waals surface area contributed by atoms with Gasteiger partial charge < -0.3 is 14.8 Å². The highest BCUT2D eigenvalue weighted by Gasteiger charge is 2.26. The Kier molecular flexibility index (Phi) is 5.61. The Morgan fingerprint density at radius 2 is 2.32 bits per heavy atom. The summed E-state index contributed by atoms with van der Waals surface area (Å²) in [5.74, 6) is 0.474. The fraction of sp³-hybridized carbons (Fsp3) is 0.600. The van der Waals surface area contributed by atoms with Crippen LogP contribution in [0.3, 0.4) is 0 Å². The Bertz CT molecular complexity index is 380. The zero-order valence-corrected chi connectivity index (χ0v) is 11.4. The standard InChI is InChI=1S/C15H22FNO2/c1-2-8-17-14(12-7-9-18-10-12)11-19-15-6-4-3-5-13(15)16/h3-6,12,14,17H,2,7-11H2,1H3. The van der Waals surface area contributed by atoms with Gasteiger partial charge in [0.25, 0.3) is 0 Å². The first kappa shape index (κ1) is 14.3. The van der Waals surface area contributed by atoms with E-state index in [1.165, 1.54) is 6.07 Å². The van der Waals surface area contributed by atoms with Crippen LogP contribution >= 0.6 is 0 Å². The summed E-state index contributed by atoms with van der Waals surface area (Å²) in [7, 11) is 0. The highest BCUT2D eigenvalue weighted by molar-refractivity contribution is 5.23. The lowest BCUT2D eigenvalue weighted by atomic mass is 9.99. The monoisotopic (exact) mass is 267 g/mol. The van der Waals surface area contributed by atoms with E-state index in [-0.39, 0.29) is 11.9 Å². The van der Waals surface area contributed by atoms with Crippen LogP contribution in [-0.2, 0) is 4.74 Å². The average Bonchev–Trinajstić information content (AvgIpc) is 2.94. The molecule has 0 bridgehead atoms. The number of rotatable bonds is 7. The van der Waals surface area contributed by atoms with Crippen molar-refractivity contribution in [1.29, 1.82) is 0 Å². The third-order valence-corrected chi connectivity index (χ3v) is 3.45. The van der Waals surface area contributed by atoms with Crippen molar-refractivity contribution in [1.82, 2.24) is 5.32 Å². The van der Waals surface area contributed by atoms with Crippen LogP contribution in [-0.4, -0.2) is 32.4 Å². The predicted octanol–water partition coefficient (Wildman–Crippen LogP) is 2.61. The van der Waals surface area contributed by atoms with E-state index >= 15 is 0 Å². The Morgan fingerprint density at radius 3 is 3.00 bits per heavy atom. The molecule has 2 atom stereocenters. The lowest BCUT2D eigenvalue weighted by Crippen LogP contribution is -2.41. The summed E-state index contributed by atoms with van der Waals surface area (Å²) in [6.07, 6.45) is 2.12. The number of hydrogen-bond acceptors (Lipinski definition) is 3. The molecule has 1 aromatic rings. The fourth-order valence-corrected chi connectivity index (χ4v) is 2.30. The molecule has 1 aliphatic heterocycles. The minimum Gasteiger partial charge on any atom is -0.489 e. The second kappa shape index (κ2) is 7.46. The predicted molar refractivity (Wildman–Crippen MR) is 72.9 cm³/mol. The molecular weight excluding hydrogens is 245 g/mol. The number of hydrogen-bond donors (Lipinski definition) is 1. The van der Waals surface area contributed by atoms with Gasteiger partial charge in [0.05, 0.1) is 6.61 Å². The molecule has 106 valence electrons. The van der Waals surface area contributed by atoms with Crippen molar-refractivity contribution >= 4 is 0 Å². The first-order valence-corrected chi connectivity index (χ1v) is 6.99. The van der Waals surface area contributed by atoms with Gasteiger partial charge in [-0.05, 0) is 31.5 Å². The van der Waals surface area contributed by atoms with Gasteiger partial charge in [0.2, 0.25) is 0 Å². The van der Waals surface area contributed by atoms with Crippen LogP contribution in [0.15, 0.2) is 24.3 Å². The SMILES string of the molecule is CCCNC(COc1ccccc1F)C1CCOC1. The number of ether oxygens (including phenoxy) is 2. The van der Waals surface area contributed by atoms with Gasteiger partial charge in [0.15, 0.2) is 11.6 Å². The van der Waals surface area contributed by atoms with Crippen molar-refractivity contribution in [2.75, 3.05) is 26.4 Å². The Labute approximate surface area is 114 Å². The molecule has 1 aromatic carbocycles. The van der Waals surface area contributed by atoms with Crippen molar-refractivity contribution in [3.05, 3.63) is 30.1 Å². The van der Waals surface area contributed by atoms with Gasteiger partial charge in [-0.1, -0.05) is 19.1 Å². The van der Waals surface area contributed by atoms with Crippen molar-refractivity contribution in [3.63, 3.8) is 0 Å². The summed E-state index contributed by atoms with van der Waals surface area (Å²) in [6.45, 7) is 5.14. The molecule has 3 nitrogen and oxygen atoms in total. The Hall–Kier alpha value is -1.13. The Balaban J connectivity index is 1.90. The molecule has 0 spiro atoms. The van der Waals surface area contributed by atoms with Crippen LogP contribution < -0.4 is 10.1 Å². The minimum absolute atomic E-state index is 0.224. The van der Waals surface area contributed by atoms with Gasteiger partial charge in [-0.25, -0.2) is 4.39 Å². The normalized spacial score (nSPS) is 20.4. The van der Waals surface area contributed by atoms with Gasteiger partial charge in [0, 0.05) is 18.6 Å². The number of benzene rings is 1. The van der Waals surface area contributed by atoms with E-state index in [0.29, 0.717) is 18.3 Å². The van der Waals surface area contributed by atoms with Crippen LogP contribution in [0.25, 0.3) is 0 Å². The molecule has 19 heavy (non-hydrogen) atoms. The van der Waals surface area contributed by atoms with Gasteiger partial charge in [-0.15, -0.1) is 0 Å². The van der Waals surface area contributed by atoms with Crippen molar-refractivity contribution < 1.29 is 13.9 Å². The Morgan fingerprint density at radius 1 is 1.47 bits per heavy atom. The highest BCUT2D eigenvalue weighted by atomic mass is 19.1. The van der Waals surface area contributed by atoms with E-state index in [1.54, 1.807) is 18.2 Å². The molecule has 1 saturated heterocycles. The van der Waals surface area contributed by atoms with Crippen LogP contribution in [0.2, 0.25) is 0 Å². The van der Waals surface area contributed by atoms with Gasteiger partial charge in [-0.2, -0.15) is 0 Å². The topological polar surface area (TPSA) is 30.5 Å². The van der Waals surface area contributed by atoms with Crippen LogP contribution in [0.4, 0.5) is 4.39 Å². The molecule has 1 fully saturated rings. The van der Waals surface area contributed by atoms with Gasteiger partial charge in [0.1, 0.15) is 6.61 Å². The highest BCUT2D eigenvalue weighted by Crippen LogP contribution is 2.20. The van der Waals surface area contributed by atoms with E-state index in [0.717, 1.165) is 32.6 Å². The van der Waals surface area contributed by atoms with Gasteiger partial charge in [-0.3, -0.25) is 0 Å². The van der Waals surface area contributed by atoms with Crippen molar-refractivity contribution in [2.45, 2.75) is 25.8 Å². The molecule has 1 N–H and O–H groups in total. The third kappa shape index (κ3) is 4.18. The minimum atomic E-state index is -0.306. The first-order valence-electron chi connectivity index (χ1n) is 6.99. The molecule has 0 radical (unpaired) electrons. The van der Waals surface area contributed by atoms with Crippen LogP contribution in [0.5, 0.6) is 5.75 Å². The molecule has 1 heterocycles. The molecule has 1 aliphatic rings. The van der Waals surface area contributed by atoms with Crippen molar-refractivity contribution in [2.24, 2.45) is 5.92 Å². The molecule has 0 amide bonds.